The van der Waals surface area contributed by atoms with E-state index in [2.05, 4.69) is 29.9 Å². The number of nitrogens with two attached hydrogens (primary N) is 1. The van der Waals surface area contributed by atoms with E-state index >= 15 is 0 Å². The summed E-state index contributed by atoms with van der Waals surface area (Å²) in [5.74, 6) is 5.94. The van der Waals surface area contributed by atoms with Gasteiger partial charge in [0, 0.05) is 23.1 Å². The predicted octanol–water partition coefficient (Wildman–Crippen LogP) is 4.63. The number of amides is 1. The second-order valence-electron chi connectivity index (χ2n) is 7.32. The summed E-state index contributed by atoms with van der Waals surface area (Å²) >= 11 is 0. The maximum atomic E-state index is 11.9. The Bertz CT molecular complexity index is 737. The van der Waals surface area contributed by atoms with Crippen molar-refractivity contribution in [1.29, 1.82) is 0 Å². The zero-order valence-electron chi connectivity index (χ0n) is 17.1. The van der Waals surface area contributed by atoms with Gasteiger partial charge < -0.3 is 9.30 Å². The van der Waals surface area contributed by atoms with Gasteiger partial charge in [0.1, 0.15) is 5.75 Å². The number of ether oxygens (including phenoxy) is 1. The lowest BCUT2D eigenvalue weighted by Gasteiger charge is -2.09. The largest absolute Gasteiger partial charge is 0.497 e. The van der Waals surface area contributed by atoms with E-state index in [1.54, 1.807) is 7.11 Å². The number of unbranched alkanes of at least 4 members (excludes halogenated alkanes) is 7. The Balaban J connectivity index is 2.07. The number of aromatic nitrogens is 1. The average Bonchev–Trinajstić information content (AvgIpc) is 2.94. The van der Waals surface area contributed by atoms with E-state index in [0.717, 1.165) is 40.9 Å². The van der Waals surface area contributed by atoms with Crippen LogP contribution in [0.3, 0.4) is 0 Å². The SMILES string of the molecule is CCCCCCCCCCn1c(C)c(CC(=O)NN)c2cc(OC)ccc21. The van der Waals surface area contributed by atoms with Gasteiger partial charge >= 0.3 is 0 Å². The minimum atomic E-state index is -0.174. The van der Waals surface area contributed by atoms with Crippen molar-refractivity contribution in [3.8, 4) is 5.75 Å². The molecule has 0 aliphatic heterocycles. The zero-order chi connectivity index (χ0) is 19.6. The van der Waals surface area contributed by atoms with Crippen LogP contribution in [-0.2, 0) is 17.8 Å². The number of hydrogen-bond acceptors (Lipinski definition) is 3. The second-order valence-corrected chi connectivity index (χ2v) is 7.32. The van der Waals surface area contributed by atoms with Crippen LogP contribution in [0.2, 0.25) is 0 Å². The van der Waals surface area contributed by atoms with Crippen LogP contribution in [0.5, 0.6) is 5.75 Å². The van der Waals surface area contributed by atoms with E-state index in [4.69, 9.17) is 10.6 Å². The molecule has 1 aromatic carbocycles. The molecule has 1 aromatic heterocycles. The molecule has 0 spiro atoms. The maximum absolute atomic E-state index is 11.9. The highest BCUT2D eigenvalue weighted by Crippen LogP contribution is 2.30. The van der Waals surface area contributed by atoms with Gasteiger partial charge in [-0.1, -0.05) is 51.9 Å². The number of hydrazine groups is 1. The zero-order valence-corrected chi connectivity index (χ0v) is 17.1. The van der Waals surface area contributed by atoms with Gasteiger partial charge in [-0.15, -0.1) is 0 Å². The molecule has 0 saturated heterocycles. The fourth-order valence-corrected chi connectivity index (χ4v) is 3.78. The molecule has 0 aliphatic carbocycles. The van der Waals surface area contributed by atoms with Gasteiger partial charge in [0.05, 0.1) is 13.5 Å². The highest BCUT2D eigenvalue weighted by atomic mass is 16.5. The number of hydrogen-bond donors (Lipinski definition) is 2. The smallest absolute Gasteiger partial charge is 0.238 e. The average molecular weight is 374 g/mol. The third kappa shape index (κ3) is 5.73. The molecule has 0 radical (unpaired) electrons. The van der Waals surface area contributed by atoms with E-state index in [-0.39, 0.29) is 12.3 Å². The first-order valence-corrected chi connectivity index (χ1v) is 10.3. The van der Waals surface area contributed by atoms with Gasteiger partial charge in [-0.2, -0.15) is 0 Å². The number of aryl methyl sites for hydroxylation is 1. The summed E-state index contributed by atoms with van der Waals surface area (Å²) in [6, 6.07) is 6.10. The van der Waals surface area contributed by atoms with E-state index in [9.17, 15) is 4.79 Å². The van der Waals surface area contributed by atoms with Crippen LogP contribution in [0.15, 0.2) is 18.2 Å². The highest BCUT2D eigenvalue weighted by molar-refractivity contribution is 5.91. The Morgan fingerprint density at radius 1 is 1.11 bits per heavy atom. The summed E-state index contributed by atoms with van der Waals surface area (Å²) in [5.41, 5.74) is 5.58. The van der Waals surface area contributed by atoms with Crippen molar-refractivity contribution in [2.24, 2.45) is 5.84 Å². The van der Waals surface area contributed by atoms with E-state index in [0.29, 0.717) is 0 Å². The van der Waals surface area contributed by atoms with Crippen LogP contribution in [0.1, 0.15) is 69.5 Å². The standard InChI is InChI=1S/C22H35N3O2/c1-4-5-6-7-8-9-10-11-14-25-17(2)19(16-22(26)24-23)20-15-18(27-3)12-13-21(20)25/h12-13,15H,4-11,14,16,23H2,1-3H3,(H,24,26). The minimum Gasteiger partial charge on any atom is -0.497 e. The van der Waals surface area contributed by atoms with Crippen LogP contribution in [0, 0.1) is 6.92 Å². The molecule has 2 aromatic rings. The fourth-order valence-electron chi connectivity index (χ4n) is 3.78. The lowest BCUT2D eigenvalue weighted by Crippen LogP contribution is -2.31. The molecule has 0 atom stereocenters. The molecule has 3 N–H and O–H groups in total. The van der Waals surface area contributed by atoms with Gasteiger partial charge in [-0.3, -0.25) is 10.2 Å². The number of rotatable bonds is 12. The molecule has 0 bridgehead atoms. The number of methoxy groups -OCH3 is 1. The lowest BCUT2D eigenvalue weighted by molar-refractivity contribution is -0.120. The molecule has 0 unspecified atom stereocenters. The molecule has 5 nitrogen and oxygen atoms in total. The summed E-state index contributed by atoms with van der Waals surface area (Å²) in [7, 11) is 1.66. The quantitative estimate of drug-likeness (QED) is 0.247. The van der Waals surface area contributed by atoms with Crippen LogP contribution in [0.25, 0.3) is 10.9 Å². The van der Waals surface area contributed by atoms with Crippen molar-refractivity contribution >= 4 is 16.8 Å². The maximum Gasteiger partial charge on any atom is 0.238 e. The molecule has 0 fully saturated rings. The van der Waals surface area contributed by atoms with Gasteiger partial charge in [-0.05, 0) is 37.1 Å². The fraction of sp³-hybridized carbons (Fsp3) is 0.591. The minimum absolute atomic E-state index is 0.174. The molecular weight excluding hydrogens is 338 g/mol. The molecular formula is C22H35N3O2. The third-order valence-electron chi connectivity index (χ3n) is 5.39. The highest BCUT2D eigenvalue weighted by Gasteiger charge is 2.17. The van der Waals surface area contributed by atoms with Crippen molar-refractivity contribution in [2.75, 3.05) is 7.11 Å². The van der Waals surface area contributed by atoms with Crippen molar-refractivity contribution < 1.29 is 9.53 Å². The van der Waals surface area contributed by atoms with Gasteiger partial charge in [0.15, 0.2) is 0 Å². The molecule has 0 aliphatic rings. The number of benzene rings is 1. The van der Waals surface area contributed by atoms with Crippen LogP contribution < -0.4 is 16.0 Å². The topological polar surface area (TPSA) is 69.3 Å². The summed E-state index contributed by atoms with van der Waals surface area (Å²) in [4.78, 5) is 11.9. The molecule has 5 heteroatoms. The Labute approximate surface area is 163 Å². The van der Waals surface area contributed by atoms with Gasteiger partial charge in [0.25, 0.3) is 0 Å². The van der Waals surface area contributed by atoms with Crippen molar-refractivity contribution in [3.05, 3.63) is 29.5 Å². The van der Waals surface area contributed by atoms with Crippen molar-refractivity contribution in [2.45, 2.75) is 78.2 Å². The molecule has 0 saturated carbocycles. The number of carbonyl (C=O) groups is 1. The Kier molecular flexibility index (Phi) is 8.65. The lowest BCUT2D eigenvalue weighted by atomic mass is 10.1. The van der Waals surface area contributed by atoms with E-state index < -0.39 is 0 Å². The first-order valence-electron chi connectivity index (χ1n) is 10.3. The van der Waals surface area contributed by atoms with Gasteiger partial charge in [-0.25, -0.2) is 5.84 Å². The Morgan fingerprint density at radius 3 is 2.41 bits per heavy atom. The van der Waals surface area contributed by atoms with E-state index in [1.807, 2.05) is 12.1 Å². The van der Waals surface area contributed by atoms with Crippen molar-refractivity contribution in [3.63, 3.8) is 0 Å². The van der Waals surface area contributed by atoms with Crippen LogP contribution in [-0.4, -0.2) is 17.6 Å². The number of nitrogens with one attached hydrogen (secondary N) is 1. The van der Waals surface area contributed by atoms with Gasteiger partial charge in [0.2, 0.25) is 5.91 Å². The summed E-state index contributed by atoms with van der Waals surface area (Å²) in [6.45, 7) is 5.33. The molecule has 1 amide bonds. The first-order chi connectivity index (χ1) is 13.1. The summed E-state index contributed by atoms with van der Waals surface area (Å²) in [5, 5.41) is 1.08. The monoisotopic (exact) mass is 373 g/mol. The number of nitrogens with zero attached hydrogens (tertiary/aromatic N) is 1. The molecule has 1 heterocycles. The Hall–Kier alpha value is -2.01. The predicted molar refractivity (Wildman–Crippen MR) is 112 cm³/mol. The number of fused-ring (bicyclic) bond motifs is 1. The second kappa shape index (κ2) is 11.0. The normalized spacial score (nSPS) is 11.1. The molecule has 27 heavy (non-hydrogen) atoms. The summed E-state index contributed by atoms with van der Waals surface area (Å²) in [6.07, 6.45) is 10.7. The summed E-state index contributed by atoms with van der Waals surface area (Å²) < 4.78 is 7.71. The third-order valence-corrected chi connectivity index (χ3v) is 5.39. The number of carbonyl (C=O) groups excluding carboxylic acids is 1. The Morgan fingerprint density at radius 2 is 1.78 bits per heavy atom. The first kappa shape index (κ1) is 21.3. The van der Waals surface area contributed by atoms with Crippen LogP contribution >= 0.6 is 0 Å². The molecule has 150 valence electrons. The van der Waals surface area contributed by atoms with Crippen LogP contribution in [0.4, 0.5) is 0 Å². The van der Waals surface area contributed by atoms with Crippen molar-refractivity contribution in [1.82, 2.24) is 9.99 Å². The molecule has 2 rings (SSSR count). The van der Waals surface area contributed by atoms with E-state index in [1.165, 1.54) is 44.9 Å².